The third kappa shape index (κ3) is 2.24. The largest absolute Gasteiger partial charge is 0.391 e. The van der Waals surface area contributed by atoms with Crippen LogP contribution in [0.4, 0.5) is 5.82 Å². The molecule has 0 aliphatic carbocycles. The number of β-amino-alcohol motifs (C(OH)–C–C–N with tert-alkyl or cyclic N) is 1. The van der Waals surface area contributed by atoms with E-state index < -0.39 is 0 Å². The first-order valence-electron chi connectivity index (χ1n) is 5.24. The van der Waals surface area contributed by atoms with Crippen molar-refractivity contribution in [1.29, 1.82) is 0 Å². The second-order valence-corrected chi connectivity index (χ2v) is 3.77. The molecule has 1 saturated heterocycles. The summed E-state index contributed by atoms with van der Waals surface area (Å²) in [6, 6.07) is 0. The van der Waals surface area contributed by atoms with Gasteiger partial charge in [-0.1, -0.05) is 0 Å². The highest BCUT2D eigenvalue weighted by atomic mass is 16.3. The molecule has 0 amide bonds. The van der Waals surface area contributed by atoms with Crippen molar-refractivity contribution in [1.82, 2.24) is 9.97 Å². The summed E-state index contributed by atoms with van der Waals surface area (Å²) in [7, 11) is 0. The van der Waals surface area contributed by atoms with Crippen molar-refractivity contribution >= 4 is 5.82 Å². The van der Waals surface area contributed by atoms with Crippen molar-refractivity contribution in [3.05, 3.63) is 18.1 Å². The van der Waals surface area contributed by atoms with Gasteiger partial charge < -0.3 is 15.7 Å². The van der Waals surface area contributed by atoms with E-state index in [0.29, 0.717) is 13.1 Å². The predicted molar refractivity (Wildman–Crippen MR) is 57.4 cm³/mol. The van der Waals surface area contributed by atoms with E-state index in [1.165, 1.54) is 0 Å². The Morgan fingerprint density at radius 1 is 1.47 bits per heavy atom. The van der Waals surface area contributed by atoms with Crippen LogP contribution < -0.4 is 10.6 Å². The molecule has 2 heterocycles. The molecule has 3 N–H and O–H groups in total. The number of rotatable bonds is 2. The van der Waals surface area contributed by atoms with Crippen molar-refractivity contribution in [3.8, 4) is 0 Å². The van der Waals surface area contributed by atoms with Gasteiger partial charge in [0.15, 0.2) is 5.82 Å². The van der Waals surface area contributed by atoms with Crippen LogP contribution in [0.2, 0.25) is 0 Å². The summed E-state index contributed by atoms with van der Waals surface area (Å²) in [5, 5.41) is 9.58. The van der Waals surface area contributed by atoms with Crippen LogP contribution in [0.5, 0.6) is 0 Å². The maximum atomic E-state index is 9.58. The number of piperidine rings is 1. The van der Waals surface area contributed by atoms with Crippen molar-refractivity contribution in [2.24, 2.45) is 5.73 Å². The van der Waals surface area contributed by atoms with Crippen LogP contribution in [0.1, 0.15) is 18.5 Å². The zero-order valence-corrected chi connectivity index (χ0v) is 8.63. The van der Waals surface area contributed by atoms with Gasteiger partial charge in [-0.15, -0.1) is 0 Å². The van der Waals surface area contributed by atoms with Crippen LogP contribution in [-0.2, 0) is 6.54 Å². The molecule has 1 aromatic rings. The molecular formula is C10H16N4O. The lowest BCUT2D eigenvalue weighted by Crippen LogP contribution is -2.39. The maximum absolute atomic E-state index is 9.58. The smallest absolute Gasteiger partial charge is 0.151 e. The minimum Gasteiger partial charge on any atom is -0.391 e. The Bertz CT molecular complexity index is 331. The van der Waals surface area contributed by atoms with E-state index in [1.807, 2.05) is 0 Å². The van der Waals surface area contributed by atoms with E-state index in [0.717, 1.165) is 30.9 Å². The summed E-state index contributed by atoms with van der Waals surface area (Å²) < 4.78 is 0. The summed E-state index contributed by atoms with van der Waals surface area (Å²) >= 11 is 0. The number of aromatic nitrogens is 2. The Morgan fingerprint density at radius 2 is 2.27 bits per heavy atom. The number of nitrogens with two attached hydrogens (primary N) is 1. The third-order valence-corrected chi connectivity index (χ3v) is 2.64. The number of aliphatic hydroxyl groups excluding tert-OH is 1. The summed E-state index contributed by atoms with van der Waals surface area (Å²) in [6.07, 6.45) is 4.91. The number of hydrogen-bond donors (Lipinski definition) is 2. The topological polar surface area (TPSA) is 75.3 Å². The zero-order chi connectivity index (χ0) is 10.7. The maximum Gasteiger partial charge on any atom is 0.151 e. The fraction of sp³-hybridized carbons (Fsp3) is 0.600. The lowest BCUT2D eigenvalue weighted by Gasteiger charge is -2.31. The average Bonchev–Trinajstić information content (AvgIpc) is 2.29. The lowest BCUT2D eigenvalue weighted by atomic mass is 10.1. The van der Waals surface area contributed by atoms with Gasteiger partial charge in [0.2, 0.25) is 0 Å². The average molecular weight is 208 g/mol. The Kier molecular flexibility index (Phi) is 3.13. The van der Waals surface area contributed by atoms with Gasteiger partial charge in [0.1, 0.15) is 0 Å². The zero-order valence-electron chi connectivity index (χ0n) is 8.63. The molecule has 15 heavy (non-hydrogen) atoms. The molecule has 0 aromatic carbocycles. The van der Waals surface area contributed by atoms with Crippen molar-refractivity contribution in [2.75, 3.05) is 18.0 Å². The molecule has 1 unspecified atom stereocenters. The molecule has 2 rings (SSSR count). The lowest BCUT2D eigenvalue weighted by molar-refractivity contribution is 0.153. The van der Waals surface area contributed by atoms with E-state index in [9.17, 15) is 5.11 Å². The monoisotopic (exact) mass is 208 g/mol. The van der Waals surface area contributed by atoms with E-state index in [1.54, 1.807) is 12.4 Å². The van der Waals surface area contributed by atoms with Crippen LogP contribution in [0.3, 0.4) is 0 Å². The predicted octanol–water partition coefficient (Wildman–Crippen LogP) is -0.104. The van der Waals surface area contributed by atoms with Gasteiger partial charge in [0.25, 0.3) is 0 Å². The summed E-state index contributed by atoms with van der Waals surface area (Å²) in [4.78, 5) is 10.5. The number of hydrogen-bond acceptors (Lipinski definition) is 5. The molecule has 82 valence electrons. The summed E-state index contributed by atoms with van der Waals surface area (Å²) in [6.45, 7) is 1.93. The van der Waals surface area contributed by atoms with Crippen LogP contribution in [-0.4, -0.2) is 34.3 Å². The molecule has 0 radical (unpaired) electrons. The first-order valence-corrected chi connectivity index (χ1v) is 5.24. The van der Waals surface area contributed by atoms with E-state index >= 15 is 0 Å². The van der Waals surface area contributed by atoms with E-state index in [4.69, 9.17) is 5.73 Å². The molecule has 1 fully saturated rings. The molecule has 0 bridgehead atoms. The van der Waals surface area contributed by atoms with Crippen molar-refractivity contribution < 1.29 is 5.11 Å². The summed E-state index contributed by atoms with van der Waals surface area (Å²) in [5.41, 5.74) is 6.40. The van der Waals surface area contributed by atoms with Crippen molar-refractivity contribution in [3.63, 3.8) is 0 Å². The summed E-state index contributed by atoms with van der Waals surface area (Å²) in [5.74, 6) is 0.818. The van der Waals surface area contributed by atoms with Gasteiger partial charge in [-0.2, -0.15) is 0 Å². The quantitative estimate of drug-likeness (QED) is 0.709. The molecule has 5 nitrogen and oxygen atoms in total. The standard InChI is InChI=1S/C10H16N4O/c11-6-9-10(13-4-3-12-9)14-5-1-2-8(15)7-14/h3-4,8,15H,1-2,5-7,11H2. The van der Waals surface area contributed by atoms with Crippen LogP contribution in [0.25, 0.3) is 0 Å². The van der Waals surface area contributed by atoms with Crippen molar-refractivity contribution in [2.45, 2.75) is 25.5 Å². The first kappa shape index (κ1) is 10.3. The van der Waals surface area contributed by atoms with Crippen LogP contribution in [0, 0.1) is 0 Å². The number of anilines is 1. The Hall–Kier alpha value is -1.20. The van der Waals surface area contributed by atoms with E-state index in [-0.39, 0.29) is 6.10 Å². The molecule has 1 atom stereocenters. The highest BCUT2D eigenvalue weighted by molar-refractivity contribution is 5.43. The molecule has 0 spiro atoms. The molecule has 1 aliphatic rings. The SMILES string of the molecule is NCc1nccnc1N1CCCC(O)C1. The van der Waals surface area contributed by atoms with Gasteiger partial charge in [0.05, 0.1) is 11.8 Å². The highest BCUT2D eigenvalue weighted by Gasteiger charge is 2.20. The van der Waals surface area contributed by atoms with Crippen LogP contribution in [0.15, 0.2) is 12.4 Å². The molecule has 1 aromatic heterocycles. The molecule has 5 heteroatoms. The Labute approximate surface area is 88.9 Å². The van der Waals surface area contributed by atoms with Gasteiger partial charge in [-0.3, -0.25) is 4.98 Å². The number of nitrogens with zero attached hydrogens (tertiary/aromatic N) is 3. The van der Waals surface area contributed by atoms with Crippen LogP contribution >= 0.6 is 0 Å². The normalized spacial score (nSPS) is 21.7. The van der Waals surface area contributed by atoms with Gasteiger partial charge in [-0.25, -0.2) is 4.98 Å². The third-order valence-electron chi connectivity index (χ3n) is 2.64. The molecule has 0 saturated carbocycles. The Morgan fingerprint density at radius 3 is 3.00 bits per heavy atom. The van der Waals surface area contributed by atoms with Gasteiger partial charge >= 0.3 is 0 Å². The van der Waals surface area contributed by atoms with Gasteiger partial charge in [0, 0.05) is 32.0 Å². The fourth-order valence-electron chi connectivity index (χ4n) is 1.91. The highest BCUT2D eigenvalue weighted by Crippen LogP contribution is 2.19. The fourth-order valence-corrected chi connectivity index (χ4v) is 1.91. The number of aliphatic hydroxyl groups is 1. The Balaban J connectivity index is 2.20. The minimum absolute atomic E-state index is 0.258. The van der Waals surface area contributed by atoms with E-state index in [2.05, 4.69) is 14.9 Å². The minimum atomic E-state index is -0.258. The van der Waals surface area contributed by atoms with Gasteiger partial charge in [-0.05, 0) is 12.8 Å². The molecular weight excluding hydrogens is 192 g/mol. The first-order chi connectivity index (χ1) is 7.31. The molecule has 1 aliphatic heterocycles. The second kappa shape index (κ2) is 4.55. The second-order valence-electron chi connectivity index (χ2n) is 3.77.